The zero-order chi connectivity index (χ0) is 22.9. The number of carbonyl (C=O) groups is 2. The highest BCUT2D eigenvalue weighted by molar-refractivity contribution is 9.11. The second kappa shape index (κ2) is 11.7. The lowest BCUT2D eigenvalue weighted by Crippen LogP contribution is -2.20. The summed E-state index contributed by atoms with van der Waals surface area (Å²) in [5.74, 6) is 0.0628. The van der Waals surface area contributed by atoms with Gasteiger partial charge in [0.1, 0.15) is 36.0 Å². The minimum atomic E-state index is -0.646. The van der Waals surface area contributed by atoms with Crippen molar-refractivity contribution in [3.8, 4) is 17.2 Å². The van der Waals surface area contributed by atoms with E-state index in [9.17, 15) is 9.59 Å². The first-order valence-electron chi connectivity index (χ1n) is 9.67. The van der Waals surface area contributed by atoms with Crippen LogP contribution in [0.2, 0.25) is 0 Å². The number of benzene rings is 3. The second-order valence-corrected chi connectivity index (χ2v) is 8.36. The molecular weight excluding hydrogens is 544 g/mol. The molecule has 0 bridgehead atoms. The number of aryl methyl sites for hydroxylation is 1. The highest BCUT2D eigenvalue weighted by atomic mass is 79.9. The van der Waals surface area contributed by atoms with Crippen LogP contribution in [0.4, 0.5) is 0 Å². The summed E-state index contributed by atoms with van der Waals surface area (Å²) in [7, 11) is 0. The largest absolute Gasteiger partial charge is 0.490 e. The van der Waals surface area contributed by atoms with Gasteiger partial charge in [0.2, 0.25) is 0 Å². The van der Waals surface area contributed by atoms with Crippen LogP contribution >= 0.6 is 31.9 Å². The molecule has 3 aromatic rings. The van der Waals surface area contributed by atoms with E-state index in [4.69, 9.17) is 18.9 Å². The molecule has 0 aromatic heterocycles. The lowest BCUT2D eigenvalue weighted by atomic mass is 10.2. The topological polar surface area (TPSA) is 71.1 Å². The van der Waals surface area contributed by atoms with Crippen molar-refractivity contribution in [3.05, 3.63) is 86.8 Å². The van der Waals surface area contributed by atoms with Crippen LogP contribution in [0.5, 0.6) is 17.2 Å². The van der Waals surface area contributed by atoms with Gasteiger partial charge in [0.25, 0.3) is 0 Å². The van der Waals surface area contributed by atoms with E-state index < -0.39 is 11.9 Å². The Hall–Kier alpha value is -2.84. The third-order valence-corrected chi connectivity index (χ3v) is 5.23. The maximum absolute atomic E-state index is 12.4. The number of hydrogen-bond donors (Lipinski definition) is 0. The molecule has 0 spiro atoms. The summed E-state index contributed by atoms with van der Waals surface area (Å²) in [5.41, 5.74) is 0.988. The first-order valence-corrected chi connectivity index (χ1v) is 11.3. The molecule has 0 radical (unpaired) electrons. The highest BCUT2D eigenvalue weighted by Gasteiger charge is 2.17. The molecule has 8 heteroatoms. The van der Waals surface area contributed by atoms with Crippen molar-refractivity contribution in [2.45, 2.75) is 6.92 Å². The molecule has 0 fully saturated rings. The summed E-state index contributed by atoms with van der Waals surface area (Å²) < 4.78 is 23.3. The fourth-order valence-corrected chi connectivity index (χ4v) is 4.32. The van der Waals surface area contributed by atoms with Crippen molar-refractivity contribution in [3.63, 3.8) is 0 Å². The van der Waals surface area contributed by atoms with Crippen LogP contribution in [-0.2, 0) is 9.53 Å². The van der Waals surface area contributed by atoms with Gasteiger partial charge in [-0.2, -0.15) is 0 Å². The Labute approximate surface area is 202 Å². The number of ether oxygens (including phenoxy) is 4. The van der Waals surface area contributed by atoms with Gasteiger partial charge in [-0.3, -0.25) is 0 Å². The molecule has 0 amide bonds. The van der Waals surface area contributed by atoms with Crippen molar-refractivity contribution in [2.75, 3.05) is 19.8 Å². The first kappa shape index (κ1) is 23.8. The molecule has 0 unspecified atom stereocenters. The van der Waals surface area contributed by atoms with Crippen LogP contribution in [0.15, 0.2) is 75.7 Å². The van der Waals surface area contributed by atoms with Crippen molar-refractivity contribution < 1.29 is 28.5 Å². The van der Waals surface area contributed by atoms with Gasteiger partial charge < -0.3 is 18.9 Å². The Kier molecular flexibility index (Phi) is 8.70. The Morgan fingerprint density at radius 3 is 2.34 bits per heavy atom. The fraction of sp³-hybridized carbons (Fsp3) is 0.167. The van der Waals surface area contributed by atoms with E-state index in [0.29, 0.717) is 16.0 Å². The molecule has 166 valence electrons. The number of esters is 2. The van der Waals surface area contributed by atoms with Gasteiger partial charge in [-0.1, -0.05) is 46.3 Å². The molecule has 0 atom stereocenters. The molecule has 0 saturated carbocycles. The Morgan fingerprint density at radius 2 is 1.59 bits per heavy atom. The van der Waals surface area contributed by atoms with Gasteiger partial charge in [0, 0.05) is 4.47 Å². The number of rotatable bonds is 9. The average molecular weight is 564 g/mol. The third kappa shape index (κ3) is 6.83. The lowest BCUT2D eigenvalue weighted by Gasteiger charge is -2.13. The zero-order valence-corrected chi connectivity index (χ0v) is 20.3. The Morgan fingerprint density at radius 1 is 0.875 bits per heavy atom. The average Bonchev–Trinajstić information content (AvgIpc) is 2.77. The molecule has 0 aliphatic rings. The molecule has 32 heavy (non-hydrogen) atoms. The van der Waals surface area contributed by atoms with Gasteiger partial charge in [0.15, 0.2) is 6.61 Å². The molecule has 6 nitrogen and oxygen atoms in total. The van der Waals surface area contributed by atoms with Crippen LogP contribution in [-0.4, -0.2) is 31.8 Å². The van der Waals surface area contributed by atoms with Crippen LogP contribution < -0.4 is 14.2 Å². The molecule has 0 aliphatic heterocycles. The molecule has 0 saturated heterocycles. The monoisotopic (exact) mass is 562 g/mol. The first-order chi connectivity index (χ1) is 15.4. The molecule has 0 N–H and O–H groups in total. The predicted octanol–water partition coefficient (Wildman–Crippen LogP) is 5.74. The van der Waals surface area contributed by atoms with E-state index >= 15 is 0 Å². The van der Waals surface area contributed by atoms with E-state index in [1.165, 1.54) is 12.1 Å². The quantitative estimate of drug-likeness (QED) is 0.188. The molecule has 0 heterocycles. The Balaban J connectivity index is 1.54. The third-order valence-electron chi connectivity index (χ3n) is 4.19. The van der Waals surface area contributed by atoms with Gasteiger partial charge in [-0.25, -0.2) is 9.59 Å². The van der Waals surface area contributed by atoms with E-state index in [-0.39, 0.29) is 31.1 Å². The molecular formula is C24H20Br2O6. The van der Waals surface area contributed by atoms with E-state index in [1.807, 2.05) is 49.4 Å². The summed E-state index contributed by atoms with van der Waals surface area (Å²) in [6.07, 6.45) is 0. The van der Waals surface area contributed by atoms with E-state index in [0.717, 1.165) is 10.0 Å². The summed E-state index contributed by atoms with van der Waals surface area (Å²) in [4.78, 5) is 24.8. The van der Waals surface area contributed by atoms with E-state index in [1.54, 1.807) is 12.1 Å². The van der Waals surface area contributed by atoms with Crippen LogP contribution in [0, 0.1) is 6.92 Å². The van der Waals surface area contributed by atoms with Gasteiger partial charge in [-0.15, -0.1) is 0 Å². The minimum absolute atomic E-state index is 0.0516. The van der Waals surface area contributed by atoms with Crippen LogP contribution in [0.1, 0.15) is 15.9 Å². The maximum Gasteiger partial charge on any atom is 0.349 e. The standard InChI is InChI=1S/C24H20Br2O6/c1-16-13-17(25)14-20(26)23(16)31-15-22(27)32-21-10-6-5-9-19(21)24(28)30-12-11-29-18-7-3-2-4-8-18/h2-10,13-14H,11-12,15H2,1H3. The number of halogens is 2. The normalized spacial score (nSPS) is 10.3. The minimum Gasteiger partial charge on any atom is -0.490 e. The van der Waals surface area contributed by atoms with Crippen LogP contribution in [0.3, 0.4) is 0 Å². The number of carbonyl (C=O) groups excluding carboxylic acids is 2. The summed E-state index contributed by atoms with van der Waals surface area (Å²) in [5, 5.41) is 0. The van der Waals surface area contributed by atoms with Gasteiger partial charge >= 0.3 is 11.9 Å². The summed E-state index contributed by atoms with van der Waals surface area (Å²) >= 11 is 6.81. The molecule has 3 aromatic carbocycles. The Bertz CT molecular complexity index is 1060. The van der Waals surface area contributed by atoms with Crippen LogP contribution in [0.25, 0.3) is 0 Å². The number of para-hydroxylation sites is 2. The van der Waals surface area contributed by atoms with Crippen molar-refractivity contribution in [2.24, 2.45) is 0 Å². The van der Waals surface area contributed by atoms with Gasteiger partial charge in [0.05, 0.1) is 4.47 Å². The molecule has 3 rings (SSSR count). The van der Waals surface area contributed by atoms with Crippen molar-refractivity contribution in [1.29, 1.82) is 0 Å². The maximum atomic E-state index is 12.4. The summed E-state index contributed by atoms with van der Waals surface area (Å²) in [6, 6.07) is 19.3. The molecule has 0 aliphatic carbocycles. The second-order valence-electron chi connectivity index (χ2n) is 6.59. The fourth-order valence-electron chi connectivity index (χ4n) is 2.77. The smallest absolute Gasteiger partial charge is 0.349 e. The van der Waals surface area contributed by atoms with Crippen molar-refractivity contribution in [1.82, 2.24) is 0 Å². The zero-order valence-electron chi connectivity index (χ0n) is 17.2. The highest BCUT2D eigenvalue weighted by Crippen LogP contribution is 2.32. The van der Waals surface area contributed by atoms with E-state index in [2.05, 4.69) is 31.9 Å². The number of hydrogen-bond acceptors (Lipinski definition) is 6. The SMILES string of the molecule is Cc1cc(Br)cc(Br)c1OCC(=O)Oc1ccccc1C(=O)OCCOc1ccccc1. The van der Waals surface area contributed by atoms with Gasteiger partial charge in [-0.05, 0) is 64.8 Å². The summed E-state index contributed by atoms with van der Waals surface area (Å²) in [6.45, 7) is 1.79. The van der Waals surface area contributed by atoms with Crippen molar-refractivity contribution >= 4 is 43.8 Å². The lowest BCUT2D eigenvalue weighted by molar-refractivity contribution is -0.136. The predicted molar refractivity (Wildman–Crippen MR) is 126 cm³/mol.